The third kappa shape index (κ3) is 5.89. The third-order valence-corrected chi connectivity index (χ3v) is 8.36. The van der Waals surface area contributed by atoms with Gasteiger partial charge in [-0.05, 0) is 74.2 Å². The Bertz CT molecular complexity index is 1250. The van der Waals surface area contributed by atoms with E-state index in [0.29, 0.717) is 11.5 Å². The quantitative estimate of drug-likeness (QED) is 0.238. The van der Waals surface area contributed by atoms with Gasteiger partial charge in [0, 0.05) is 53.4 Å². The van der Waals surface area contributed by atoms with Gasteiger partial charge in [-0.25, -0.2) is 4.79 Å². The highest BCUT2D eigenvalue weighted by Crippen LogP contribution is 2.46. The van der Waals surface area contributed by atoms with Crippen LogP contribution in [0.5, 0.6) is 0 Å². The minimum Gasteiger partial charge on any atom is -0.478 e. The zero-order valence-corrected chi connectivity index (χ0v) is 24.4. The first kappa shape index (κ1) is 28.5. The largest absolute Gasteiger partial charge is 0.478 e. The summed E-state index contributed by atoms with van der Waals surface area (Å²) in [5.41, 5.74) is 6.44. The van der Waals surface area contributed by atoms with E-state index >= 15 is 0 Å². The van der Waals surface area contributed by atoms with E-state index in [1.165, 1.54) is 40.7 Å². The van der Waals surface area contributed by atoms with Gasteiger partial charge < -0.3 is 19.5 Å². The molecule has 1 N–H and O–H groups in total. The number of unbranched alkanes of at least 4 members (excludes halogenated alkanes) is 1. The summed E-state index contributed by atoms with van der Waals surface area (Å²) in [7, 11) is 0. The standard InChI is InChI=1S/C32H44ClN3O2/c1-5-9-11-23(10-6-2)30-26-14-12-24(32(37)38)21-29(26)36-20-19-35(18-17-34(8-4)16-7-3)28-22-25(33)13-15-27(28)31(30)36/h12-15,21-23H,5-11,16-20H2,1-4H3,(H,37,38). The fourth-order valence-electron chi connectivity index (χ4n) is 6.22. The maximum absolute atomic E-state index is 11.9. The van der Waals surface area contributed by atoms with Crippen molar-refractivity contribution in [2.75, 3.05) is 37.6 Å². The number of carbonyl (C=O) groups is 1. The first-order chi connectivity index (χ1) is 18.4. The number of hydrogen-bond donors (Lipinski definition) is 1. The maximum Gasteiger partial charge on any atom is 0.335 e. The van der Waals surface area contributed by atoms with Gasteiger partial charge in [0.1, 0.15) is 0 Å². The predicted molar refractivity (Wildman–Crippen MR) is 161 cm³/mol. The number of aromatic nitrogens is 1. The van der Waals surface area contributed by atoms with Crippen molar-refractivity contribution in [2.45, 2.75) is 78.7 Å². The van der Waals surface area contributed by atoms with Crippen LogP contribution in [-0.2, 0) is 6.54 Å². The van der Waals surface area contributed by atoms with Crippen molar-refractivity contribution in [3.63, 3.8) is 0 Å². The van der Waals surface area contributed by atoms with Gasteiger partial charge >= 0.3 is 5.97 Å². The van der Waals surface area contributed by atoms with Gasteiger partial charge in [-0.1, -0.05) is 64.6 Å². The first-order valence-electron chi connectivity index (χ1n) is 14.6. The molecule has 2 heterocycles. The van der Waals surface area contributed by atoms with Crippen LogP contribution in [0, 0.1) is 0 Å². The van der Waals surface area contributed by atoms with Crippen LogP contribution in [0.4, 0.5) is 5.69 Å². The molecule has 0 radical (unpaired) electrons. The third-order valence-electron chi connectivity index (χ3n) is 8.12. The van der Waals surface area contributed by atoms with Gasteiger partial charge in [0.2, 0.25) is 0 Å². The summed E-state index contributed by atoms with van der Waals surface area (Å²) in [6.07, 6.45) is 6.90. The van der Waals surface area contributed by atoms with E-state index < -0.39 is 5.97 Å². The summed E-state index contributed by atoms with van der Waals surface area (Å²) >= 11 is 6.61. The number of halogens is 1. The average Bonchev–Trinajstić information content (AvgIpc) is 3.14. The Labute approximate surface area is 233 Å². The molecule has 3 aromatic rings. The molecule has 1 aromatic heterocycles. The molecule has 0 amide bonds. The Kier molecular flexibility index (Phi) is 9.78. The minimum absolute atomic E-state index is 0.348. The van der Waals surface area contributed by atoms with Gasteiger partial charge in [-0.15, -0.1) is 0 Å². The highest BCUT2D eigenvalue weighted by Gasteiger charge is 2.30. The molecule has 1 aliphatic rings. The number of anilines is 1. The van der Waals surface area contributed by atoms with Crippen LogP contribution in [-0.4, -0.2) is 53.3 Å². The Morgan fingerprint density at radius 2 is 1.82 bits per heavy atom. The van der Waals surface area contributed by atoms with Crippen LogP contribution in [0.25, 0.3) is 22.2 Å². The van der Waals surface area contributed by atoms with Crippen molar-refractivity contribution in [1.82, 2.24) is 9.47 Å². The highest BCUT2D eigenvalue weighted by molar-refractivity contribution is 6.31. The molecule has 0 bridgehead atoms. The van der Waals surface area contributed by atoms with E-state index in [9.17, 15) is 9.90 Å². The van der Waals surface area contributed by atoms with Crippen molar-refractivity contribution in [3.05, 3.63) is 52.5 Å². The fourth-order valence-corrected chi connectivity index (χ4v) is 6.39. The number of carboxylic acids is 1. The van der Waals surface area contributed by atoms with Crippen LogP contribution in [0.3, 0.4) is 0 Å². The van der Waals surface area contributed by atoms with Crippen LogP contribution < -0.4 is 4.90 Å². The van der Waals surface area contributed by atoms with E-state index in [-0.39, 0.29) is 0 Å². The molecule has 0 spiro atoms. The van der Waals surface area contributed by atoms with E-state index in [2.05, 4.69) is 60.3 Å². The molecule has 0 fully saturated rings. The Morgan fingerprint density at radius 3 is 2.50 bits per heavy atom. The van der Waals surface area contributed by atoms with Crippen LogP contribution in [0.2, 0.25) is 5.02 Å². The smallest absolute Gasteiger partial charge is 0.335 e. The average molecular weight is 538 g/mol. The number of rotatable bonds is 13. The molecule has 0 saturated heterocycles. The lowest BCUT2D eigenvalue weighted by molar-refractivity contribution is 0.0697. The lowest BCUT2D eigenvalue weighted by Gasteiger charge is -2.29. The normalized spacial score (nSPS) is 14.0. The Balaban J connectivity index is 1.91. The number of nitrogens with zero attached hydrogens (tertiary/aromatic N) is 3. The van der Waals surface area contributed by atoms with E-state index in [4.69, 9.17) is 11.6 Å². The van der Waals surface area contributed by atoms with Gasteiger partial charge in [-0.3, -0.25) is 0 Å². The molecule has 2 aromatic carbocycles. The van der Waals surface area contributed by atoms with E-state index in [1.807, 2.05) is 12.1 Å². The summed E-state index contributed by atoms with van der Waals surface area (Å²) in [5.74, 6) is -0.442. The molecule has 6 heteroatoms. The maximum atomic E-state index is 11.9. The summed E-state index contributed by atoms with van der Waals surface area (Å²) in [5, 5.41) is 11.8. The second-order valence-corrected chi connectivity index (χ2v) is 11.1. The molecular weight excluding hydrogens is 494 g/mol. The molecule has 38 heavy (non-hydrogen) atoms. The van der Waals surface area contributed by atoms with Crippen molar-refractivity contribution < 1.29 is 9.90 Å². The molecule has 0 saturated carbocycles. The number of benzene rings is 2. The van der Waals surface area contributed by atoms with Gasteiger partial charge in [-0.2, -0.15) is 0 Å². The topological polar surface area (TPSA) is 48.7 Å². The number of fused-ring (bicyclic) bond motifs is 5. The second-order valence-electron chi connectivity index (χ2n) is 10.7. The van der Waals surface area contributed by atoms with E-state index in [1.54, 1.807) is 6.07 Å². The van der Waals surface area contributed by atoms with Crippen LogP contribution in [0.15, 0.2) is 36.4 Å². The SMILES string of the molecule is CCCCC(CCC)c1c2n(c3cc(C(=O)O)ccc13)CCN(CCN(CC)CCC)c1cc(Cl)ccc1-2. The monoisotopic (exact) mass is 537 g/mol. The summed E-state index contributed by atoms with van der Waals surface area (Å²) < 4.78 is 2.40. The predicted octanol–water partition coefficient (Wildman–Crippen LogP) is 8.29. The minimum atomic E-state index is -0.877. The zero-order chi connectivity index (χ0) is 27.2. The molecule has 1 unspecified atom stereocenters. The second kappa shape index (κ2) is 13.0. The van der Waals surface area contributed by atoms with Gasteiger partial charge in [0.25, 0.3) is 0 Å². The van der Waals surface area contributed by atoms with Crippen LogP contribution >= 0.6 is 11.6 Å². The van der Waals surface area contributed by atoms with Crippen molar-refractivity contribution in [3.8, 4) is 11.3 Å². The summed E-state index contributed by atoms with van der Waals surface area (Å²) in [4.78, 5) is 16.9. The van der Waals surface area contributed by atoms with E-state index in [0.717, 1.165) is 75.5 Å². The number of aromatic carboxylic acids is 1. The molecule has 5 nitrogen and oxygen atoms in total. The van der Waals surface area contributed by atoms with Crippen LogP contribution in [0.1, 0.15) is 88.1 Å². The molecular formula is C32H44ClN3O2. The summed E-state index contributed by atoms with van der Waals surface area (Å²) in [6.45, 7) is 14.8. The lowest BCUT2D eigenvalue weighted by atomic mass is 9.86. The molecule has 1 atom stereocenters. The summed E-state index contributed by atoms with van der Waals surface area (Å²) in [6, 6.07) is 12.1. The first-order valence-corrected chi connectivity index (χ1v) is 15.0. The van der Waals surface area contributed by atoms with Crippen molar-refractivity contribution in [1.29, 1.82) is 0 Å². The Morgan fingerprint density at radius 1 is 1.00 bits per heavy atom. The number of carboxylic acid groups (broad SMARTS) is 1. The molecule has 1 aliphatic heterocycles. The van der Waals surface area contributed by atoms with Crippen molar-refractivity contribution in [2.24, 2.45) is 0 Å². The highest BCUT2D eigenvalue weighted by atomic mass is 35.5. The zero-order valence-electron chi connectivity index (χ0n) is 23.6. The molecule has 206 valence electrons. The molecule has 0 aliphatic carbocycles. The Hall–Kier alpha value is -2.50. The lowest BCUT2D eigenvalue weighted by Crippen LogP contribution is -2.36. The van der Waals surface area contributed by atoms with Gasteiger partial charge in [0.15, 0.2) is 0 Å². The fraction of sp³-hybridized carbons (Fsp3) is 0.531. The molecule has 4 rings (SSSR count). The van der Waals surface area contributed by atoms with Crippen molar-refractivity contribution >= 4 is 34.2 Å². The number of likely N-dealkylation sites (N-methyl/N-ethyl adjacent to an activating group) is 1. The number of hydrogen-bond acceptors (Lipinski definition) is 3. The van der Waals surface area contributed by atoms with Gasteiger partial charge in [0.05, 0.1) is 11.3 Å².